The van der Waals surface area contributed by atoms with E-state index in [4.69, 9.17) is 5.73 Å². The van der Waals surface area contributed by atoms with Gasteiger partial charge in [0.1, 0.15) is 6.04 Å². The fourth-order valence-electron chi connectivity index (χ4n) is 2.84. The van der Waals surface area contributed by atoms with Gasteiger partial charge in [0.15, 0.2) is 0 Å². The lowest BCUT2D eigenvalue weighted by Crippen LogP contribution is -2.51. The molecule has 1 aromatic heterocycles. The molecule has 2 amide bonds. The zero-order chi connectivity index (χ0) is 19.9. The molecule has 0 saturated heterocycles. The summed E-state index contributed by atoms with van der Waals surface area (Å²) in [5.41, 5.74) is 7.00. The number of halogens is 2. The van der Waals surface area contributed by atoms with Crippen molar-refractivity contribution >= 4 is 36.6 Å². The first-order valence-electron chi connectivity index (χ1n) is 9.02. The number of rotatable bonds is 8. The van der Waals surface area contributed by atoms with Crippen LogP contribution in [0.25, 0.3) is 0 Å². The number of amides is 2. The topological polar surface area (TPSA) is 88.3 Å². The molecule has 2 rings (SSSR count). The summed E-state index contributed by atoms with van der Waals surface area (Å²) in [6, 6.07) is 12.3. The van der Waals surface area contributed by atoms with Gasteiger partial charge in [0, 0.05) is 32.4 Å². The quantitative estimate of drug-likeness (QED) is 0.660. The third-order valence-electron chi connectivity index (χ3n) is 4.40. The van der Waals surface area contributed by atoms with Gasteiger partial charge in [-0.15, -0.1) is 24.8 Å². The number of likely N-dealkylation sites (N-methyl/N-ethyl adjacent to an activating group) is 1. The van der Waals surface area contributed by atoms with Crippen LogP contribution in [0.1, 0.15) is 29.8 Å². The van der Waals surface area contributed by atoms with E-state index in [1.54, 1.807) is 30.3 Å². The highest BCUT2D eigenvalue weighted by atomic mass is 35.5. The monoisotopic (exact) mass is 440 g/mol. The average Bonchev–Trinajstić information content (AvgIpc) is 2.68. The van der Waals surface area contributed by atoms with Gasteiger partial charge in [-0.25, -0.2) is 0 Å². The summed E-state index contributed by atoms with van der Waals surface area (Å²) in [5.74, 6) is -0.457. The second kappa shape index (κ2) is 12.4. The van der Waals surface area contributed by atoms with Crippen molar-refractivity contribution in [2.24, 2.45) is 11.1 Å². The van der Waals surface area contributed by atoms with Crippen molar-refractivity contribution in [3.8, 4) is 0 Å². The fraction of sp³-hybridized carbons (Fsp3) is 0.381. The van der Waals surface area contributed by atoms with Crippen LogP contribution in [-0.4, -0.2) is 47.9 Å². The Hall–Kier alpha value is -2.15. The predicted molar refractivity (Wildman–Crippen MR) is 121 cm³/mol. The number of hydrogen-bond acceptors (Lipinski definition) is 4. The minimum atomic E-state index is -0.668. The lowest BCUT2D eigenvalue weighted by molar-refractivity contribution is -0.133. The normalized spacial score (nSPS) is 11.4. The average molecular weight is 441 g/mol. The van der Waals surface area contributed by atoms with Crippen LogP contribution < -0.4 is 11.1 Å². The molecule has 0 radical (unpaired) electrons. The van der Waals surface area contributed by atoms with E-state index >= 15 is 0 Å². The summed E-state index contributed by atoms with van der Waals surface area (Å²) < 4.78 is 0. The summed E-state index contributed by atoms with van der Waals surface area (Å²) in [7, 11) is 1.74. The Labute approximate surface area is 185 Å². The number of aromatic nitrogens is 1. The van der Waals surface area contributed by atoms with Crippen molar-refractivity contribution in [3.63, 3.8) is 0 Å². The molecule has 0 bridgehead atoms. The first kappa shape index (κ1) is 26.9. The van der Waals surface area contributed by atoms with Crippen molar-refractivity contribution < 1.29 is 9.59 Å². The molecule has 2 aromatic rings. The number of carbonyl (C=O) groups excluding carboxylic acids is 2. The van der Waals surface area contributed by atoms with Crippen LogP contribution >= 0.6 is 24.8 Å². The molecule has 0 aliphatic heterocycles. The Bertz CT molecular complexity index is 758. The molecule has 3 N–H and O–H groups in total. The third-order valence-corrected chi connectivity index (χ3v) is 4.40. The molecule has 0 aliphatic carbocycles. The molecule has 1 atom stereocenters. The van der Waals surface area contributed by atoms with E-state index in [0.29, 0.717) is 25.1 Å². The van der Waals surface area contributed by atoms with Crippen molar-refractivity contribution in [2.75, 3.05) is 20.1 Å². The summed E-state index contributed by atoms with van der Waals surface area (Å²) in [6.07, 6.45) is 3.51. The predicted octanol–water partition coefficient (Wildman–Crippen LogP) is 2.71. The summed E-state index contributed by atoms with van der Waals surface area (Å²) >= 11 is 0. The molecule has 8 heteroatoms. The Kier molecular flexibility index (Phi) is 11.5. The summed E-state index contributed by atoms with van der Waals surface area (Å²) in [6.45, 7) is 5.00. The van der Waals surface area contributed by atoms with Crippen molar-refractivity contribution in [2.45, 2.75) is 26.3 Å². The number of nitrogens with zero attached hydrogens (tertiary/aromatic N) is 2. The third kappa shape index (κ3) is 8.40. The summed E-state index contributed by atoms with van der Waals surface area (Å²) in [4.78, 5) is 31.2. The maximum absolute atomic E-state index is 13.1. The van der Waals surface area contributed by atoms with Gasteiger partial charge in [0.05, 0.1) is 5.56 Å². The van der Waals surface area contributed by atoms with E-state index in [1.165, 1.54) is 6.20 Å². The molecule has 0 aliphatic rings. The Morgan fingerprint density at radius 3 is 2.34 bits per heavy atom. The number of hydrogen-bond donors (Lipinski definition) is 2. The number of carbonyl (C=O) groups is 2. The molecule has 29 heavy (non-hydrogen) atoms. The van der Waals surface area contributed by atoms with E-state index in [2.05, 4.69) is 10.3 Å². The van der Waals surface area contributed by atoms with Gasteiger partial charge in [0.2, 0.25) is 5.91 Å². The van der Waals surface area contributed by atoms with E-state index < -0.39 is 6.04 Å². The van der Waals surface area contributed by atoms with Crippen LogP contribution in [0.2, 0.25) is 0 Å². The van der Waals surface area contributed by atoms with E-state index in [0.717, 1.165) is 5.56 Å². The second-order valence-corrected chi connectivity index (χ2v) is 7.52. The highest BCUT2D eigenvalue weighted by Crippen LogP contribution is 2.15. The maximum atomic E-state index is 13.1. The molecule has 0 fully saturated rings. The standard InChI is InChI=1S/C21H28N4O2.2ClH/c1-21(2,14-22)15-25(3)20(27)18(12-16-8-5-4-6-9-16)24-19(26)17-10-7-11-23-13-17;;/h4-11,13,18H,12,14-15,22H2,1-3H3,(H,24,26);2*1H. The molecule has 160 valence electrons. The lowest BCUT2D eigenvalue weighted by atomic mass is 9.93. The van der Waals surface area contributed by atoms with Crippen LogP contribution in [0.4, 0.5) is 0 Å². The fourth-order valence-corrected chi connectivity index (χ4v) is 2.84. The molecule has 1 aromatic carbocycles. The minimum absolute atomic E-state index is 0. The Balaban J connectivity index is 0.00000392. The van der Waals surface area contributed by atoms with Crippen molar-refractivity contribution in [1.29, 1.82) is 0 Å². The lowest BCUT2D eigenvalue weighted by Gasteiger charge is -2.31. The zero-order valence-electron chi connectivity index (χ0n) is 17.0. The van der Waals surface area contributed by atoms with E-state index in [1.807, 2.05) is 44.2 Å². The zero-order valence-corrected chi connectivity index (χ0v) is 18.6. The molecule has 1 unspecified atom stereocenters. The largest absolute Gasteiger partial charge is 0.343 e. The second-order valence-electron chi connectivity index (χ2n) is 7.52. The number of benzene rings is 1. The number of nitrogens with two attached hydrogens (primary N) is 1. The van der Waals surface area contributed by atoms with Crippen LogP contribution in [0.5, 0.6) is 0 Å². The molecular weight excluding hydrogens is 411 g/mol. The highest BCUT2D eigenvalue weighted by Gasteiger charge is 2.28. The molecule has 6 nitrogen and oxygen atoms in total. The van der Waals surface area contributed by atoms with E-state index in [9.17, 15) is 9.59 Å². The first-order valence-corrected chi connectivity index (χ1v) is 9.02. The van der Waals surface area contributed by atoms with Gasteiger partial charge in [0.25, 0.3) is 5.91 Å². The van der Waals surface area contributed by atoms with Crippen LogP contribution in [0.3, 0.4) is 0 Å². The van der Waals surface area contributed by atoms with Gasteiger partial charge < -0.3 is 16.0 Å². The first-order chi connectivity index (χ1) is 12.8. The molecule has 0 spiro atoms. The van der Waals surface area contributed by atoms with Gasteiger partial charge in [-0.3, -0.25) is 14.6 Å². The van der Waals surface area contributed by atoms with E-state index in [-0.39, 0.29) is 42.0 Å². The summed E-state index contributed by atoms with van der Waals surface area (Å²) in [5, 5.41) is 2.86. The molecule has 0 saturated carbocycles. The van der Waals surface area contributed by atoms with Crippen LogP contribution in [0, 0.1) is 5.41 Å². The minimum Gasteiger partial charge on any atom is -0.343 e. The number of pyridine rings is 1. The van der Waals surface area contributed by atoms with Crippen molar-refractivity contribution in [1.82, 2.24) is 15.2 Å². The Morgan fingerprint density at radius 1 is 1.14 bits per heavy atom. The van der Waals surface area contributed by atoms with Crippen LogP contribution in [-0.2, 0) is 11.2 Å². The van der Waals surface area contributed by atoms with Gasteiger partial charge in [-0.2, -0.15) is 0 Å². The van der Waals surface area contributed by atoms with Crippen molar-refractivity contribution in [3.05, 3.63) is 66.0 Å². The van der Waals surface area contributed by atoms with Gasteiger partial charge in [-0.1, -0.05) is 44.2 Å². The molecule has 1 heterocycles. The molecular formula is C21H30Cl2N4O2. The maximum Gasteiger partial charge on any atom is 0.253 e. The van der Waals surface area contributed by atoms with Gasteiger partial charge in [-0.05, 0) is 29.7 Å². The Morgan fingerprint density at radius 2 is 1.79 bits per heavy atom. The smallest absolute Gasteiger partial charge is 0.253 e. The number of nitrogens with one attached hydrogen (secondary N) is 1. The van der Waals surface area contributed by atoms with Gasteiger partial charge >= 0.3 is 0 Å². The van der Waals surface area contributed by atoms with Crippen LogP contribution in [0.15, 0.2) is 54.9 Å². The SMILES string of the molecule is CN(CC(C)(C)CN)C(=O)C(Cc1ccccc1)NC(=O)c1cccnc1.Cl.Cl. The highest BCUT2D eigenvalue weighted by molar-refractivity contribution is 5.97.